The van der Waals surface area contributed by atoms with Gasteiger partial charge in [0.25, 0.3) is 0 Å². The second kappa shape index (κ2) is 29.7. The van der Waals surface area contributed by atoms with E-state index in [2.05, 4.69) is 11.5 Å². The summed E-state index contributed by atoms with van der Waals surface area (Å²) in [6, 6.07) is 0. The van der Waals surface area contributed by atoms with E-state index in [-0.39, 0.29) is 64.4 Å². The summed E-state index contributed by atoms with van der Waals surface area (Å²) < 4.78 is 0. The molecule has 0 spiro atoms. The SMILES string of the molecule is N=C(N)N.[O-]P([O-])[O-].[O-]P([O-])[O-].[Zn+2].[Zn+2].[Zn+2]. The smallest absolute Gasteiger partial charge is 0.854 e. The van der Waals surface area contributed by atoms with E-state index in [4.69, 9.17) is 34.8 Å². The summed E-state index contributed by atoms with van der Waals surface area (Å²) in [5, 5.41) is 6.06. The first-order valence-corrected chi connectivity index (χ1v) is 4.11. The van der Waals surface area contributed by atoms with Crippen molar-refractivity contribution in [2.45, 2.75) is 0 Å². The van der Waals surface area contributed by atoms with E-state index < -0.39 is 17.2 Å². The van der Waals surface area contributed by atoms with Crippen LogP contribution < -0.4 is 40.8 Å². The van der Waals surface area contributed by atoms with E-state index in [1.54, 1.807) is 0 Å². The molecule has 0 aliphatic heterocycles. The van der Waals surface area contributed by atoms with Crippen LogP contribution in [0.1, 0.15) is 0 Å². The zero-order chi connectivity index (χ0) is 10.7. The third kappa shape index (κ3) is 963. The summed E-state index contributed by atoms with van der Waals surface area (Å²) in [5.74, 6) is -0.333. The van der Waals surface area contributed by atoms with Gasteiger partial charge in [-0.15, -0.1) is 0 Å². The van der Waals surface area contributed by atoms with Gasteiger partial charge in [0.05, 0.1) is 0 Å². The van der Waals surface area contributed by atoms with Gasteiger partial charge < -0.3 is 58.0 Å². The Kier molecular flexibility index (Phi) is 71.1. The van der Waals surface area contributed by atoms with Crippen molar-refractivity contribution in [2.24, 2.45) is 11.5 Å². The zero-order valence-electron chi connectivity index (χ0n) is 7.62. The Balaban J connectivity index is -0.0000000184. The van der Waals surface area contributed by atoms with Crippen molar-refractivity contribution in [1.82, 2.24) is 0 Å². The minimum absolute atomic E-state index is 0. The van der Waals surface area contributed by atoms with Crippen molar-refractivity contribution < 1.29 is 87.8 Å². The molecule has 5 N–H and O–H groups in total. The number of nitrogens with one attached hydrogen (secondary N) is 1. The van der Waals surface area contributed by atoms with Crippen LogP contribution in [0.2, 0.25) is 0 Å². The predicted octanol–water partition coefficient (Wildman–Crippen LogP) is -6.58. The molecular formula is CH5N3O6P2Zn3. The molecule has 9 nitrogen and oxygen atoms in total. The van der Waals surface area contributed by atoms with Gasteiger partial charge in [0.2, 0.25) is 0 Å². The molecular weight excluding hydrogens is 408 g/mol. The number of rotatable bonds is 0. The van der Waals surface area contributed by atoms with Gasteiger partial charge in [0, 0.05) is 0 Å². The van der Waals surface area contributed by atoms with Gasteiger partial charge >= 0.3 is 58.4 Å². The van der Waals surface area contributed by atoms with Crippen LogP contribution in [0.15, 0.2) is 0 Å². The van der Waals surface area contributed by atoms with Crippen molar-refractivity contribution in [3.05, 3.63) is 0 Å². The van der Waals surface area contributed by atoms with Gasteiger partial charge in [0.1, 0.15) is 0 Å². The van der Waals surface area contributed by atoms with Crippen LogP contribution in [0.4, 0.5) is 0 Å². The summed E-state index contributed by atoms with van der Waals surface area (Å²) >= 11 is 0. The maximum atomic E-state index is 8.48. The van der Waals surface area contributed by atoms with Crippen LogP contribution in [-0.4, -0.2) is 5.96 Å². The largest absolute Gasteiger partial charge is 2.00 e. The molecule has 14 heteroatoms. The third-order valence-corrected chi connectivity index (χ3v) is 0. The molecule has 0 bridgehead atoms. The van der Waals surface area contributed by atoms with Gasteiger partial charge in [-0.2, -0.15) is 0 Å². The van der Waals surface area contributed by atoms with Crippen LogP contribution in [0.5, 0.6) is 0 Å². The van der Waals surface area contributed by atoms with Gasteiger partial charge in [-0.1, -0.05) is 0 Å². The van der Waals surface area contributed by atoms with Crippen LogP contribution in [0.25, 0.3) is 0 Å². The van der Waals surface area contributed by atoms with Crippen molar-refractivity contribution >= 4 is 23.2 Å². The molecule has 0 rings (SSSR count). The van der Waals surface area contributed by atoms with Crippen LogP contribution in [0, 0.1) is 5.41 Å². The van der Waals surface area contributed by atoms with Crippen LogP contribution in [0.3, 0.4) is 0 Å². The van der Waals surface area contributed by atoms with Gasteiger partial charge in [-0.25, -0.2) is 0 Å². The molecule has 0 radical (unpaired) electrons. The average molecular weight is 413 g/mol. The molecule has 0 aromatic carbocycles. The first-order valence-electron chi connectivity index (χ1n) is 1.92. The summed E-state index contributed by atoms with van der Waals surface area (Å²) in [5.41, 5.74) is 8.94. The zero-order valence-corrected chi connectivity index (χ0v) is 18.3. The minimum Gasteiger partial charge on any atom is -0.854 e. The molecule has 0 aliphatic rings. The van der Waals surface area contributed by atoms with Gasteiger partial charge in [-0.05, 0) is 0 Å². The van der Waals surface area contributed by atoms with Gasteiger partial charge in [-0.3, -0.25) is 5.41 Å². The molecule has 76 valence electrons. The van der Waals surface area contributed by atoms with Crippen molar-refractivity contribution in [2.75, 3.05) is 0 Å². The summed E-state index contributed by atoms with van der Waals surface area (Å²) in [7, 11) is -6.74. The number of nitrogens with two attached hydrogens (primary N) is 2. The summed E-state index contributed by atoms with van der Waals surface area (Å²) in [4.78, 5) is 50.9. The number of hydrogen-bond acceptors (Lipinski definition) is 7. The van der Waals surface area contributed by atoms with Crippen molar-refractivity contribution in [1.29, 1.82) is 5.41 Å². The Hall–Kier alpha value is 1.76. The molecule has 0 saturated heterocycles. The maximum Gasteiger partial charge on any atom is 2.00 e. The molecule has 0 saturated carbocycles. The van der Waals surface area contributed by atoms with Crippen molar-refractivity contribution in [3.8, 4) is 0 Å². The molecule has 0 aromatic heterocycles. The second-order valence-corrected chi connectivity index (χ2v) is 1.80. The Morgan fingerprint density at radius 1 is 0.733 bits per heavy atom. The standard InChI is InChI=1S/CH5N3.2O3P.3Zn/c2-1(3)4;2*1-4(2)3;;;/h(H5,2,3,4);;;;;/q;2*-3;3*+2. The average Bonchev–Trinajstić information content (AvgIpc) is 1.54. The molecule has 15 heavy (non-hydrogen) atoms. The second-order valence-electron chi connectivity index (χ2n) is 0.903. The predicted molar refractivity (Wildman–Crippen MR) is 29.9 cm³/mol. The summed E-state index contributed by atoms with van der Waals surface area (Å²) in [6.45, 7) is 0. The fourth-order valence-electron chi connectivity index (χ4n) is 0. The summed E-state index contributed by atoms with van der Waals surface area (Å²) in [6.07, 6.45) is 0. The number of hydrogen-bond donors (Lipinski definition) is 3. The molecule has 0 fully saturated rings. The van der Waals surface area contributed by atoms with E-state index in [0.29, 0.717) is 0 Å². The Labute approximate surface area is 127 Å². The normalized spacial score (nSPS) is 6.40. The molecule has 0 amide bonds. The van der Waals surface area contributed by atoms with E-state index in [9.17, 15) is 0 Å². The molecule has 0 aliphatic carbocycles. The molecule has 0 heterocycles. The minimum atomic E-state index is -3.37. The van der Waals surface area contributed by atoms with Gasteiger partial charge in [0.15, 0.2) is 5.96 Å². The van der Waals surface area contributed by atoms with Crippen LogP contribution in [-0.2, 0) is 58.4 Å². The Morgan fingerprint density at radius 2 is 0.733 bits per heavy atom. The molecule has 0 unspecified atom stereocenters. The van der Waals surface area contributed by atoms with E-state index in [1.807, 2.05) is 0 Å². The topological polar surface area (TPSA) is 214 Å². The maximum absolute atomic E-state index is 8.48. The van der Waals surface area contributed by atoms with E-state index >= 15 is 0 Å². The molecule has 0 atom stereocenters. The van der Waals surface area contributed by atoms with E-state index in [0.717, 1.165) is 0 Å². The monoisotopic (exact) mass is 409 g/mol. The fourth-order valence-corrected chi connectivity index (χ4v) is 0. The Morgan fingerprint density at radius 3 is 0.733 bits per heavy atom. The first-order chi connectivity index (χ1) is 5.20. The fraction of sp³-hybridized carbons (Fsp3) is 0. The quantitative estimate of drug-likeness (QED) is 0.150. The Bertz CT molecular complexity index is 94.1. The number of guanidine groups is 1. The molecule has 0 aromatic rings. The first kappa shape index (κ1) is 36.0. The third-order valence-electron chi connectivity index (χ3n) is 0. The van der Waals surface area contributed by atoms with E-state index in [1.165, 1.54) is 0 Å². The van der Waals surface area contributed by atoms with Crippen molar-refractivity contribution in [3.63, 3.8) is 0 Å². The van der Waals surface area contributed by atoms with Crippen LogP contribution >= 0.6 is 17.2 Å².